The number of nitrogens with zero attached hydrogens (tertiary/aromatic N) is 2. The standard InChI is InChI=1S/C11H10BrFN2O/c1-15-6-10(5-14-15)16-7-8-4-9(12)2-3-11(8)13/h2-6H,7H2,1H3. The molecule has 0 aliphatic heterocycles. The van der Waals surface area contributed by atoms with Gasteiger partial charge in [0.2, 0.25) is 0 Å². The Morgan fingerprint density at radius 3 is 3.00 bits per heavy atom. The van der Waals surface area contributed by atoms with Crippen molar-refractivity contribution in [3.05, 3.63) is 46.4 Å². The SMILES string of the molecule is Cn1cc(OCc2cc(Br)ccc2F)cn1. The number of aryl methyl sites for hydroxylation is 1. The Morgan fingerprint density at radius 1 is 1.50 bits per heavy atom. The summed E-state index contributed by atoms with van der Waals surface area (Å²) in [5, 5.41) is 3.96. The molecule has 0 unspecified atom stereocenters. The Hall–Kier alpha value is -1.36. The molecule has 1 heterocycles. The van der Waals surface area contributed by atoms with Crippen LogP contribution < -0.4 is 4.74 Å². The van der Waals surface area contributed by atoms with Crippen molar-refractivity contribution in [2.24, 2.45) is 7.05 Å². The zero-order chi connectivity index (χ0) is 11.5. The van der Waals surface area contributed by atoms with Gasteiger partial charge in [-0.2, -0.15) is 5.10 Å². The maximum atomic E-state index is 13.4. The molecule has 0 saturated carbocycles. The van der Waals surface area contributed by atoms with Crippen molar-refractivity contribution < 1.29 is 9.13 Å². The second-order valence-corrected chi connectivity index (χ2v) is 4.29. The molecular formula is C11H10BrFN2O. The smallest absolute Gasteiger partial charge is 0.157 e. The summed E-state index contributed by atoms with van der Waals surface area (Å²) in [6.45, 7) is 0.191. The fourth-order valence-electron chi connectivity index (χ4n) is 1.29. The predicted molar refractivity (Wildman–Crippen MR) is 61.6 cm³/mol. The second kappa shape index (κ2) is 4.65. The van der Waals surface area contributed by atoms with E-state index >= 15 is 0 Å². The van der Waals surface area contributed by atoms with Gasteiger partial charge in [0, 0.05) is 17.1 Å². The lowest BCUT2D eigenvalue weighted by atomic mass is 10.2. The van der Waals surface area contributed by atoms with Gasteiger partial charge in [0.05, 0.1) is 12.4 Å². The van der Waals surface area contributed by atoms with E-state index in [9.17, 15) is 4.39 Å². The topological polar surface area (TPSA) is 27.1 Å². The van der Waals surface area contributed by atoms with Gasteiger partial charge in [-0.15, -0.1) is 0 Å². The van der Waals surface area contributed by atoms with Crippen LogP contribution in [0.3, 0.4) is 0 Å². The molecule has 0 spiro atoms. The highest BCUT2D eigenvalue weighted by Gasteiger charge is 2.04. The van der Waals surface area contributed by atoms with Crippen LogP contribution in [0.5, 0.6) is 5.75 Å². The highest BCUT2D eigenvalue weighted by atomic mass is 79.9. The molecular weight excluding hydrogens is 275 g/mol. The summed E-state index contributed by atoms with van der Waals surface area (Å²) < 4.78 is 21.2. The lowest BCUT2D eigenvalue weighted by Crippen LogP contribution is -1.97. The lowest BCUT2D eigenvalue weighted by molar-refractivity contribution is 0.299. The average molecular weight is 285 g/mol. The van der Waals surface area contributed by atoms with Crippen LogP contribution >= 0.6 is 15.9 Å². The Labute approximate surface area is 101 Å². The highest BCUT2D eigenvalue weighted by molar-refractivity contribution is 9.10. The molecule has 16 heavy (non-hydrogen) atoms. The molecule has 1 aromatic carbocycles. The summed E-state index contributed by atoms with van der Waals surface area (Å²) >= 11 is 3.29. The third-order valence-corrected chi connectivity index (χ3v) is 2.58. The number of ether oxygens (including phenoxy) is 1. The van der Waals surface area contributed by atoms with Crippen LogP contribution in [0, 0.1) is 5.82 Å². The maximum absolute atomic E-state index is 13.4. The summed E-state index contributed by atoms with van der Waals surface area (Å²) in [4.78, 5) is 0. The third kappa shape index (κ3) is 2.61. The monoisotopic (exact) mass is 284 g/mol. The Bertz CT molecular complexity index is 498. The summed E-state index contributed by atoms with van der Waals surface area (Å²) in [7, 11) is 1.80. The summed E-state index contributed by atoms with van der Waals surface area (Å²) in [5.41, 5.74) is 0.512. The van der Waals surface area contributed by atoms with Crippen LogP contribution in [0.2, 0.25) is 0 Å². The van der Waals surface area contributed by atoms with Gasteiger partial charge >= 0.3 is 0 Å². The quantitative estimate of drug-likeness (QED) is 0.867. The Morgan fingerprint density at radius 2 is 2.31 bits per heavy atom. The molecule has 0 radical (unpaired) electrons. The van der Waals surface area contributed by atoms with Crippen LogP contribution in [-0.4, -0.2) is 9.78 Å². The number of hydrogen-bond donors (Lipinski definition) is 0. The largest absolute Gasteiger partial charge is 0.486 e. The van der Waals surface area contributed by atoms with E-state index in [0.717, 1.165) is 4.47 Å². The summed E-state index contributed by atoms with van der Waals surface area (Å²) in [5.74, 6) is 0.356. The van der Waals surface area contributed by atoms with E-state index in [4.69, 9.17) is 4.74 Å². The molecule has 5 heteroatoms. The van der Waals surface area contributed by atoms with Crippen molar-refractivity contribution in [3.63, 3.8) is 0 Å². The van der Waals surface area contributed by atoms with E-state index in [1.807, 2.05) is 0 Å². The molecule has 0 aliphatic rings. The van der Waals surface area contributed by atoms with Crippen molar-refractivity contribution in [2.75, 3.05) is 0 Å². The number of hydrogen-bond acceptors (Lipinski definition) is 2. The molecule has 0 atom stereocenters. The number of benzene rings is 1. The van der Waals surface area contributed by atoms with Gasteiger partial charge in [0.1, 0.15) is 12.4 Å². The minimum Gasteiger partial charge on any atom is -0.486 e. The Balaban J connectivity index is 2.07. The fourth-order valence-corrected chi connectivity index (χ4v) is 1.70. The van der Waals surface area contributed by atoms with E-state index in [1.54, 1.807) is 36.3 Å². The normalized spacial score (nSPS) is 10.4. The molecule has 1 aromatic heterocycles. The van der Waals surface area contributed by atoms with Gasteiger partial charge in [-0.1, -0.05) is 15.9 Å². The predicted octanol–water partition coefficient (Wildman–Crippen LogP) is 2.90. The second-order valence-electron chi connectivity index (χ2n) is 3.37. The van der Waals surface area contributed by atoms with Crippen molar-refractivity contribution >= 4 is 15.9 Å². The molecule has 2 aromatic rings. The molecule has 0 N–H and O–H groups in total. The van der Waals surface area contributed by atoms with Crippen molar-refractivity contribution in [1.82, 2.24) is 9.78 Å². The molecule has 0 saturated heterocycles. The summed E-state index contributed by atoms with van der Waals surface area (Å²) in [6, 6.07) is 4.76. The first-order valence-electron chi connectivity index (χ1n) is 4.70. The highest BCUT2D eigenvalue weighted by Crippen LogP contribution is 2.17. The third-order valence-electron chi connectivity index (χ3n) is 2.08. The van der Waals surface area contributed by atoms with Crippen LogP contribution in [0.4, 0.5) is 4.39 Å². The van der Waals surface area contributed by atoms with Crippen LogP contribution in [0.1, 0.15) is 5.56 Å². The minimum absolute atomic E-state index is 0.191. The molecule has 0 aliphatic carbocycles. The average Bonchev–Trinajstić information content (AvgIpc) is 2.66. The van der Waals surface area contributed by atoms with Gasteiger partial charge in [-0.25, -0.2) is 4.39 Å². The first kappa shape index (κ1) is 11.1. The van der Waals surface area contributed by atoms with E-state index < -0.39 is 0 Å². The van der Waals surface area contributed by atoms with Gasteiger partial charge in [-0.05, 0) is 18.2 Å². The van der Waals surface area contributed by atoms with Crippen molar-refractivity contribution in [3.8, 4) is 5.75 Å². The van der Waals surface area contributed by atoms with Crippen LogP contribution in [0.15, 0.2) is 35.1 Å². The van der Waals surface area contributed by atoms with Gasteiger partial charge in [0.15, 0.2) is 5.75 Å². The minimum atomic E-state index is -0.271. The molecule has 0 bridgehead atoms. The molecule has 3 nitrogen and oxygen atoms in total. The van der Waals surface area contributed by atoms with Crippen LogP contribution in [0.25, 0.3) is 0 Å². The van der Waals surface area contributed by atoms with E-state index in [2.05, 4.69) is 21.0 Å². The van der Waals surface area contributed by atoms with Crippen molar-refractivity contribution in [2.45, 2.75) is 6.61 Å². The first-order valence-corrected chi connectivity index (χ1v) is 5.50. The molecule has 0 amide bonds. The van der Waals surface area contributed by atoms with Gasteiger partial charge < -0.3 is 4.74 Å². The van der Waals surface area contributed by atoms with E-state index in [0.29, 0.717) is 11.3 Å². The summed E-state index contributed by atoms with van der Waals surface area (Å²) in [6.07, 6.45) is 3.33. The van der Waals surface area contributed by atoms with Gasteiger partial charge in [0.25, 0.3) is 0 Å². The molecule has 0 fully saturated rings. The van der Waals surface area contributed by atoms with Crippen LogP contribution in [-0.2, 0) is 13.7 Å². The van der Waals surface area contributed by atoms with Crippen molar-refractivity contribution in [1.29, 1.82) is 0 Å². The van der Waals surface area contributed by atoms with E-state index in [1.165, 1.54) is 6.07 Å². The number of aromatic nitrogens is 2. The molecule has 2 rings (SSSR count). The lowest BCUT2D eigenvalue weighted by Gasteiger charge is -2.05. The fraction of sp³-hybridized carbons (Fsp3) is 0.182. The zero-order valence-electron chi connectivity index (χ0n) is 8.65. The van der Waals surface area contributed by atoms with E-state index in [-0.39, 0.29) is 12.4 Å². The zero-order valence-corrected chi connectivity index (χ0v) is 10.2. The van der Waals surface area contributed by atoms with Gasteiger partial charge in [-0.3, -0.25) is 4.68 Å². The maximum Gasteiger partial charge on any atom is 0.157 e. The Kier molecular flexibility index (Phi) is 3.24. The molecule has 84 valence electrons. The number of rotatable bonds is 3. The number of halogens is 2. The first-order chi connectivity index (χ1) is 7.65.